The number of nitrogens with zero attached hydrogens (tertiary/aromatic N) is 3. The normalized spacial score (nSPS) is 20.4. The minimum atomic E-state index is -0.188. The summed E-state index contributed by atoms with van der Waals surface area (Å²) < 4.78 is 7.18. The van der Waals surface area contributed by atoms with Crippen LogP contribution in [0.3, 0.4) is 0 Å². The van der Waals surface area contributed by atoms with Gasteiger partial charge in [0.1, 0.15) is 5.75 Å². The van der Waals surface area contributed by atoms with Crippen LogP contribution in [0.25, 0.3) is 5.70 Å². The van der Waals surface area contributed by atoms with Gasteiger partial charge in [-0.05, 0) is 75.6 Å². The summed E-state index contributed by atoms with van der Waals surface area (Å²) in [6.45, 7) is 7.67. The molecule has 1 aliphatic carbocycles. The van der Waals surface area contributed by atoms with Crippen molar-refractivity contribution in [1.29, 1.82) is 0 Å². The van der Waals surface area contributed by atoms with Crippen molar-refractivity contribution in [1.82, 2.24) is 20.0 Å². The first-order chi connectivity index (χ1) is 17.9. The highest BCUT2D eigenvalue weighted by atomic mass is 16.5. The number of carbonyl (C=O) groups excluding carboxylic acids is 2. The number of aryl methyl sites for hydroxylation is 1. The number of likely N-dealkylation sites (tertiary alicyclic amines) is 1. The van der Waals surface area contributed by atoms with Gasteiger partial charge in [0.05, 0.1) is 18.5 Å². The lowest BCUT2D eigenvalue weighted by Crippen LogP contribution is -2.43. The lowest BCUT2D eigenvalue weighted by atomic mass is 9.84. The second-order valence-electron chi connectivity index (χ2n) is 9.94. The highest BCUT2D eigenvalue weighted by molar-refractivity contribution is 5.93. The van der Waals surface area contributed by atoms with E-state index < -0.39 is 0 Å². The molecule has 198 valence electrons. The van der Waals surface area contributed by atoms with Crippen LogP contribution in [0.15, 0.2) is 43.0 Å². The SMILES string of the molecule is C=C/C=C(/c1ccc(N)c(OC)c1)n1nc(C(=O)NC2CCC(C(=O)N3CCCCC3)CC2)cc1CC. The van der Waals surface area contributed by atoms with Gasteiger partial charge in [-0.25, -0.2) is 4.68 Å². The van der Waals surface area contributed by atoms with Crippen LogP contribution in [0.2, 0.25) is 0 Å². The van der Waals surface area contributed by atoms with Crippen LogP contribution < -0.4 is 15.8 Å². The molecule has 0 bridgehead atoms. The Balaban J connectivity index is 1.44. The van der Waals surface area contributed by atoms with E-state index in [-0.39, 0.29) is 17.9 Å². The first-order valence-electron chi connectivity index (χ1n) is 13.4. The van der Waals surface area contributed by atoms with Crippen molar-refractivity contribution in [2.45, 2.75) is 64.3 Å². The zero-order chi connectivity index (χ0) is 26.4. The van der Waals surface area contributed by atoms with Gasteiger partial charge in [-0.3, -0.25) is 9.59 Å². The molecule has 2 aromatic rings. The highest BCUT2D eigenvalue weighted by Gasteiger charge is 2.31. The van der Waals surface area contributed by atoms with Crippen LogP contribution >= 0.6 is 0 Å². The number of anilines is 1. The van der Waals surface area contributed by atoms with Gasteiger partial charge in [0, 0.05) is 36.3 Å². The summed E-state index contributed by atoms with van der Waals surface area (Å²) in [4.78, 5) is 28.1. The zero-order valence-corrected chi connectivity index (χ0v) is 22.0. The van der Waals surface area contributed by atoms with Gasteiger partial charge in [0.2, 0.25) is 5.91 Å². The number of nitrogens with two attached hydrogens (primary N) is 1. The van der Waals surface area contributed by atoms with Gasteiger partial charge >= 0.3 is 0 Å². The fourth-order valence-electron chi connectivity index (χ4n) is 5.38. The predicted molar refractivity (Wildman–Crippen MR) is 146 cm³/mol. The summed E-state index contributed by atoms with van der Waals surface area (Å²) in [6.07, 6.45) is 11.0. The van der Waals surface area contributed by atoms with Gasteiger partial charge < -0.3 is 20.7 Å². The van der Waals surface area contributed by atoms with Crippen molar-refractivity contribution in [3.05, 3.63) is 59.9 Å². The number of nitrogens with one attached hydrogen (secondary N) is 1. The van der Waals surface area contributed by atoms with Gasteiger partial charge in [0.25, 0.3) is 5.91 Å². The first kappa shape index (κ1) is 26.5. The van der Waals surface area contributed by atoms with Gasteiger partial charge in [-0.2, -0.15) is 5.10 Å². The first-order valence-corrected chi connectivity index (χ1v) is 13.4. The van der Waals surface area contributed by atoms with Crippen LogP contribution in [0.4, 0.5) is 5.69 Å². The number of allylic oxidation sites excluding steroid dienone is 2. The van der Waals surface area contributed by atoms with Gasteiger partial charge in [0.15, 0.2) is 5.69 Å². The Labute approximate surface area is 219 Å². The van der Waals surface area contributed by atoms with E-state index in [1.807, 2.05) is 36.1 Å². The fraction of sp³-hybridized carbons (Fsp3) is 0.483. The average molecular weight is 506 g/mol. The summed E-state index contributed by atoms with van der Waals surface area (Å²) in [7, 11) is 1.58. The van der Waals surface area contributed by atoms with Crippen molar-refractivity contribution < 1.29 is 14.3 Å². The Hall–Kier alpha value is -3.55. The second-order valence-corrected chi connectivity index (χ2v) is 9.94. The number of piperidine rings is 1. The quantitative estimate of drug-likeness (QED) is 0.409. The number of benzene rings is 1. The van der Waals surface area contributed by atoms with Crippen molar-refractivity contribution >= 4 is 23.2 Å². The number of ether oxygens (including phenoxy) is 1. The lowest BCUT2D eigenvalue weighted by Gasteiger charge is -2.34. The van der Waals surface area contributed by atoms with E-state index in [9.17, 15) is 9.59 Å². The van der Waals surface area contributed by atoms with E-state index in [0.717, 1.165) is 68.6 Å². The third kappa shape index (κ3) is 6.06. The summed E-state index contributed by atoms with van der Waals surface area (Å²) in [5, 5.41) is 7.84. The summed E-state index contributed by atoms with van der Waals surface area (Å²) >= 11 is 0. The smallest absolute Gasteiger partial charge is 0.272 e. The third-order valence-electron chi connectivity index (χ3n) is 7.49. The molecule has 8 heteroatoms. The Morgan fingerprint density at radius 1 is 1.16 bits per heavy atom. The minimum absolute atomic E-state index is 0.0534. The molecule has 8 nitrogen and oxygen atoms in total. The number of methoxy groups -OCH3 is 1. The molecule has 2 aliphatic rings. The maximum Gasteiger partial charge on any atom is 0.272 e. The number of aromatic nitrogens is 2. The van der Waals surface area contributed by atoms with Crippen LogP contribution in [0.5, 0.6) is 5.75 Å². The van der Waals surface area contributed by atoms with Gasteiger partial charge in [-0.1, -0.05) is 25.6 Å². The second kappa shape index (κ2) is 12.1. The number of nitrogen functional groups attached to an aromatic ring is 1. The van der Waals surface area contributed by atoms with Crippen LogP contribution in [-0.4, -0.2) is 52.7 Å². The molecule has 2 fully saturated rings. The Kier molecular flexibility index (Phi) is 8.69. The standard InChI is InChI=1S/C29H39N5O3/c1-4-9-26(21-12-15-24(30)27(18-21)37-3)34-23(5-2)19-25(32-34)28(35)31-22-13-10-20(11-14-22)29(36)33-16-7-6-8-17-33/h4,9,12,15,18-20,22H,1,5-8,10-11,13-14,16-17,30H2,2-3H3,(H,31,35)/b26-9-. The number of rotatable bonds is 8. The molecule has 1 aromatic carbocycles. The van der Waals surface area contributed by atoms with Gasteiger partial charge in [-0.15, -0.1) is 0 Å². The molecule has 1 saturated heterocycles. The fourth-order valence-corrected chi connectivity index (χ4v) is 5.38. The maximum atomic E-state index is 13.2. The van der Waals surface area contributed by atoms with E-state index in [0.29, 0.717) is 29.5 Å². The molecule has 1 saturated carbocycles. The summed E-state index contributed by atoms with van der Waals surface area (Å²) in [5.41, 5.74) is 9.47. The molecule has 3 N–H and O–H groups in total. The van der Waals surface area contributed by atoms with E-state index >= 15 is 0 Å². The zero-order valence-electron chi connectivity index (χ0n) is 22.0. The summed E-state index contributed by atoms with van der Waals surface area (Å²) in [5.74, 6) is 0.773. The molecule has 0 atom stereocenters. The molecular weight excluding hydrogens is 466 g/mol. The number of hydrogen-bond acceptors (Lipinski definition) is 5. The Bertz CT molecular complexity index is 1150. The van der Waals surface area contributed by atoms with E-state index in [1.165, 1.54) is 6.42 Å². The molecule has 0 radical (unpaired) electrons. The molecule has 1 aliphatic heterocycles. The molecule has 0 unspecified atom stereocenters. The monoisotopic (exact) mass is 505 g/mol. The molecule has 2 amide bonds. The van der Waals surface area contributed by atoms with Crippen molar-refractivity contribution in [3.63, 3.8) is 0 Å². The Morgan fingerprint density at radius 3 is 2.54 bits per heavy atom. The Morgan fingerprint density at radius 2 is 1.89 bits per heavy atom. The topological polar surface area (TPSA) is 102 Å². The van der Waals surface area contributed by atoms with E-state index in [2.05, 4.69) is 17.0 Å². The lowest BCUT2D eigenvalue weighted by molar-refractivity contribution is -0.137. The maximum absolute atomic E-state index is 13.2. The molecule has 4 rings (SSSR count). The van der Waals surface area contributed by atoms with Crippen LogP contribution in [0.1, 0.15) is 73.6 Å². The van der Waals surface area contributed by atoms with E-state index in [4.69, 9.17) is 10.5 Å². The molecule has 2 heterocycles. The predicted octanol–water partition coefficient (Wildman–Crippen LogP) is 4.41. The van der Waals surface area contributed by atoms with Crippen molar-refractivity contribution in [2.24, 2.45) is 5.92 Å². The molecule has 0 spiro atoms. The number of carbonyl (C=O) groups is 2. The molecule has 37 heavy (non-hydrogen) atoms. The molecule has 1 aromatic heterocycles. The highest BCUT2D eigenvalue weighted by Crippen LogP contribution is 2.29. The summed E-state index contributed by atoms with van der Waals surface area (Å²) in [6, 6.07) is 7.44. The number of hydrogen-bond donors (Lipinski definition) is 2. The van der Waals surface area contributed by atoms with Crippen LogP contribution in [-0.2, 0) is 11.2 Å². The van der Waals surface area contributed by atoms with Crippen LogP contribution in [0, 0.1) is 5.92 Å². The van der Waals surface area contributed by atoms with E-state index in [1.54, 1.807) is 23.9 Å². The van der Waals surface area contributed by atoms with Crippen molar-refractivity contribution in [3.8, 4) is 5.75 Å². The average Bonchev–Trinajstić information content (AvgIpc) is 3.37. The number of amides is 2. The molecular formula is C29H39N5O3. The third-order valence-corrected chi connectivity index (χ3v) is 7.49. The minimum Gasteiger partial charge on any atom is -0.495 e. The largest absolute Gasteiger partial charge is 0.495 e. The van der Waals surface area contributed by atoms with Crippen molar-refractivity contribution in [2.75, 3.05) is 25.9 Å².